The summed E-state index contributed by atoms with van der Waals surface area (Å²) in [5, 5.41) is 0. The minimum Gasteiger partial charge on any atom is -0.303 e. The van der Waals surface area contributed by atoms with E-state index in [9.17, 15) is 4.79 Å². The van der Waals surface area contributed by atoms with Crippen LogP contribution in [-0.4, -0.2) is 6.29 Å². The SMILES string of the molecule is CC1=CCC(CCC=O)C1(C)C. The van der Waals surface area contributed by atoms with Gasteiger partial charge in [-0.1, -0.05) is 25.5 Å². The van der Waals surface area contributed by atoms with E-state index in [0.29, 0.717) is 11.3 Å². The zero-order chi connectivity index (χ0) is 9.19. The number of aldehydes is 1. The summed E-state index contributed by atoms with van der Waals surface area (Å²) in [7, 11) is 0. The Morgan fingerprint density at radius 1 is 1.67 bits per heavy atom. The van der Waals surface area contributed by atoms with E-state index in [1.807, 2.05) is 0 Å². The molecule has 1 aliphatic carbocycles. The van der Waals surface area contributed by atoms with Crippen LogP contribution in [0.4, 0.5) is 0 Å². The summed E-state index contributed by atoms with van der Waals surface area (Å²) in [5.41, 5.74) is 1.81. The van der Waals surface area contributed by atoms with E-state index in [1.54, 1.807) is 0 Å². The standard InChI is InChI=1S/C11H18O/c1-9-6-7-10(5-4-8-12)11(9,2)3/h6,8,10H,4-5,7H2,1-3H3. The van der Waals surface area contributed by atoms with Crippen LogP contribution in [0.25, 0.3) is 0 Å². The van der Waals surface area contributed by atoms with Gasteiger partial charge >= 0.3 is 0 Å². The van der Waals surface area contributed by atoms with Crippen molar-refractivity contribution in [1.29, 1.82) is 0 Å². The Bertz CT molecular complexity index is 201. The lowest BCUT2D eigenvalue weighted by atomic mass is 9.76. The first kappa shape index (κ1) is 9.50. The maximum atomic E-state index is 10.2. The van der Waals surface area contributed by atoms with Crippen LogP contribution in [0, 0.1) is 11.3 Å². The molecule has 0 radical (unpaired) electrons. The highest BCUT2D eigenvalue weighted by atomic mass is 16.1. The highest BCUT2D eigenvalue weighted by molar-refractivity contribution is 5.49. The Kier molecular flexibility index (Phi) is 2.71. The molecular formula is C11H18O. The van der Waals surface area contributed by atoms with Crippen molar-refractivity contribution in [2.24, 2.45) is 11.3 Å². The minimum atomic E-state index is 0.322. The van der Waals surface area contributed by atoms with Crippen LogP contribution in [-0.2, 0) is 4.79 Å². The number of carbonyl (C=O) groups excluding carboxylic acids is 1. The van der Waals surface area contributed by atoms with Gasteiger partial charge in [0.1, 0.15) is 6.29 Å². The third-order valence-corrected chi connectivity index (χ3v) is 3.38. The van der Waals surface area contributed by atoms with Crippen LogP contribution in [0.5, 0.6) is 0 Å². The fraction of sp³-hybridized carbons (Fsp3) is 0.727. The van der Waals surface area contributed by atoms with Gasteiger partial charge in [-0.05, 0) is 31.1 Å². The quantitative estimate of drug-likeness (QED) is 0.465. The van der Waals surface area contributed by atoms with Gasteiger partial charge in [0.05, 0.1) is 0 Å². The first-order chi connectivity index (χ1) is 5.59. The molecule has 0 aliphatic heterocycles. The lowest BCUT2D eigenvalue weighted by molar-refractivity contribution is -0.108. The van der Waals surface area contributed by atoms with Crippen LogP contribution < -0.4 is 0 Å². The first-order valence-electron chi connectivity index (χ1n) is 4.70. The van der Waals surface area contributed by atoms with Crippen molar-refractivity contribution < 1.29 is 4.79 Å². The first-order valence-corrected chi connectivity index (χ1v) is 4.70. The van der Waals surface area contributed by atoms with E-state index in [2.05, 4.69) is 26.8 Å². The molecule has 0 fully saturated rings. The average molecular weight is 166 g/mol. The van der Waals surface area contributed by atoms with Gasteiger partial charge in [-0.25, -0.2) is 0 Å². The van der Waals surface area contributed by atoms with Crippen molar-refractivity contribution in [3.63, 3.8) is 0 Å². The van der Waals surface area contributed by atoms with Crippen molar-refractivity contribution >= 4 is 6.29 Å². The highest BCUT2D eigenvalue weighted by Gasteiger charge is 2.33. The van der Waals surface area contributed by atoms with Crippen molar-refractivity contribution in [1.82, 2.24) is 0 Å². The van der Waals surface area contributed by atoms with Gasteiger partial charge in [-0.15, -0.1) is 0 Å². The molecule has 1 atom stereocenters. The fourth-order valence-corrected chi connectivity index (χ4v) is 1.95. The summed E-state index contributed by atoms with van der Waals surface area (Å²) >= 11 is 0. The van der Waals surface area contributed by atoms with Gasteiger partial charge in [0.25, 0.3) is 0 Å². The molecule has 0 aromatic heterocycles. The van der Waals surface area contributed by atoms with Crippen molar-refractivity contribution in [2.45, 2.75) is 40.0 Å². The highest BCUT2D eigenvalue weighted by Crippen LogP contribution is 2.44. The van der Waals surface area contributed by atoms with Gasteiger partial charge in [-0.2, -0.15) is 0 Å². The predicted octanol–water partition coefficient (Wildman–Crippen LogP) is 2.96. The zero-order valence-corrected chi connectivity index (χ0v) is 8.26. The van der Waals surface area contributed by atoms with Crippen molar-refractivity contribution in [2.75, 3.05) is 0 Å². The normalized spacial score (nSPS) is 26.9. The number of hydrogen-bond donors (Lipinski definition) is 0. The van der Waals surface area contributed by atoms with Crippen LogP contribution in [0.1, 0.15) is 40.0 Å². The van der Waals surface area contributed by atoms with Crippen LogP contribution in [0.2, 0.25) is 0 Å². The Morgan fingerprint density at radius 3 is 2.75 bits per heavy atom. The van der Waals surface area contributed by atoms with Crippen LogP contribution >= 0.6 is 0 Å². The lowest BCUT2D eigenvalue weighted by Gasteiger charge is -2.29. The van der Waals surface area contributed by atoms with Crippen LogP contribution in [0.3, 0.4) is 0 Å². The lowest BCUT2D eigenvalue weighted by Crippen LogP contribution is -2.20. The maximum absolute atomic E-state index is 10.2. The van der Waals surface area contributed by atoms with E-state index < -0.39 is 0 Å². The molecule has 1 aliphatic rings. The van der Waals surface area contributed by atoms with E-state index in [4.69, 9.17) is 0 Å². The molecule has 0 N–H and O–H groups in total. The molecule has 0 heterocycles. The van der Waals surface area contributed by atoms with Gasteiger partial charge in [-0.3, -0.25) is 0 Å². The summed E-state index contributed by atoms with van der Waals surface area (Å²) in [4.78, 5) is 10.2. The van der Waals surface area contributed by atoms with Crippen molar-refractivity contribution in [3.8, 4) is 0 Å². The predicted molar refractivity (Wildman–Crippen MR) is 50.9 cm³/mol. The van der Waals surface area contributed by atoms with E-state index in [0.717, 1.165) is 25.5 Å². The molecule has 0 saturated carbocycles. The summed E-state index contributed by atoms with van der Waals surface area (Å²) in [6.45, 7) is 6.75. The smallest absolute Gasteiger partial charge is 0.120 e. The van der Waals surface area contributed by atoms with Gasteiger partial charge in [0.2, 0.25) is 0 Å². The topological polar surface area (TPSA) is 17.1 Å². The van der Waals surface area contributed by atoms with E-state index in [1.165, 1.54) is 5.57 Å². The second kappa shape index (κ2) is 3.42. The molecule has 0 aromatic rings. The molecule has 0 saturated heterocycles. The average Bonchev–Trinajstić information content (AvgIpc) is 2.25. The fourth-order valence-electron chi connectivity index (χ4n) is 1.95. The number of rotatable bonds is 3. The Morgan fingerprint density at radius 2 is 2.33 bits per heavy atom. The second-order valence-electron chi connectivity index (χ2n) is 4.29. The zero-order valence-electron chi connectivity index (χ0n) is 8.26. The molecule has 0 bridgehead atoms. The number of allylic oxidation sites excluding steroid dienone is 2. The Hall–Kier alpha value is -0.590. The van der Waals surface area contributed by atoms with E-state index in [-0.39, 0.29) is 0 Å². The monoisotopic (exact) mass is 166 g/mol. The molecule has 12 heavy (non-hydrogen) atoms. The Balaban J connectivity index is 2.55. The number of carbonyl (C=O) groups is 1. The third kappa shape index (κ3) is 1.60. The maximum Gasteiger partial charge on any atom is 0.120 e. The van der Waals surface area contributed by atoms with Gasteiger partial charge in [0, 0.05) is 6.42 Å². The summed E-state index contributed by atoms with van der Waals surface area (Å²) in [6, 6.07) is 0. The molecule has 1 nitrogen and oxygen atoms in total. The molecule has 1 heteroatoms. The summed E-state index contributed by atoms with van der Waals surface area (Å²) in [6.07, 6.45) is 6.27. The summed E-state index contributed by atoms with van der Waals surface area (Å²) < 4.78 is 0. The molecule has 0 aromatic carbocycles. The van der Waals surface area contributed by atoms with E-state index >= 15 is 0 Å². The molecule has 68 valence electrons. The Labute approximate surface area is 74.9 Å². The van der Waals surface area contributed by atoms with Gasteiger partial charge < -0.3 is 4.79 Å². The van der Waals surface area contributed by atoms with Gasteiger partial charge in [0.15, 0.2) is 0 Å². The molecule has 1 unspecified atom stereocenters. The number of hydrogen-bond acceptors (Lipinski definition) is 1. The molecular weight excluding hydrogens is 148 g/mol. The molecule has 0 spiro atoms. The summed E-state index contributed by atoms with van der Waals surface area (Å²) in [5.74, 6) is 0.683. The second-order valence-corrected chi connectivity index (χ2v) is 4.29. The van der Waals surface area contributed by atoms with Crippen LogP contribution in [0.15, 0.2) is 11.6 Å². The largest absolute Gasteiger partial charge is 0.303 e. The third-order valence-electron chi connectivity index (χ3n) is 3.38. The minimum absolute atomic E-state index is 0.322. The van der Waals surface area contributed by atoms with Crippen molar-refractivity contribution in [3.05, 3.63) is 11.6 Å². The molecule has 0 amide bonds. The molecule has 1 rings (SSSR count).